The molecule has 0 aliphatic carbocycles. The number of hydrogen-bond donors (Lipinski definition) is 1. The number of halogens is 1. The van der Waals surface area contributed by atoms with Gasteiger partial charge >= 0.3 is 0 Å². The van der Waals surface area contributed by atoms with Crippen LogP contribution >= 0.6 is 15.9 Å². The summed E-state index contributed by atoms with van der Waals surface area (Å²) in [6, 6.07) is 0.225. The number of amides is 1. The molecule has 1 aliphatic rings. The monoisotopic (exact) mass is 263 g/mol. The first kappa shape index (κ1) is 12.0. The molecular weight excluding hydrogens is 246 g/mol. The van der Waals surface area contributed by atoms with Crippen molar-refractivity contribution in [2.24, 2.45) is 11.8 Å². The fourth-order valence-corrected chi connectivity index (χ4v) is 1.92. The molecule has 1 saturated heterocycles. The van der Waals surface area contributed by atoms with Crippen molar-refractivity contribution in [1.82, 2.24) is 5.32 Å². The molecule has 0 aromatic rings. The van der Waals surface area contributed by atoms with E-state index in [1.54, 1.807) is 0 Å². The quantitative estimate of drug-likeness (QED) is 0.782. The highest BCUT2D eigenvalue weighted by Gasteiger charge is 2.25. The van der Waals surface area contributed by atoms with Crippen molar-refractivity contribution in [2.45, 2.75) is 26.3 Å². The lowest BCUT2D eigenvalue weighted by Gasteiger charge is -2.20. The molecule has 1 aliphatic heterocycles. The van der Waals surface area contributed by atoms with Crippen LogP contribution in [0.25, 0.3) is 0 Å². The highest BCUT2D eigenvalue weighted by Crippen LogP contribution is 2.13. The van der Waals surface area contributed by atoms with Gasteiger partial charge in [0.25, 0.3) is 0 Å². The zero-order valence-electron chi connectivity index (χ0n) is 8.75. The van der Waals surface area contributed by atoms with Gasteiger partial charge in [-0.15, -0.1) is 0 Å². The van der Waals surface area contributed by atoms with Crippen molar-refractivity contribution in [3.05, 3.63) is 0 Å². The Kier molecular flexibility index (Phi) is 4.89. The number of ether oxygens (including phenoxy) is 1. The van der Waals surface area contributed by atoms with Crippen LogP contribution in [0.15, 0.2) is 0 Å². The van der Waals surface area contributed by atoms with E-state index in [1.807, 2.05) is 6.92 Å². The minimum absolute atomic E-state index is 0.0694. The Labute approximate surface area is 93.7 Å². The molecule has 0 aromatic carbocycles. The first-order chi connectivity index (χ1) is 6.65. The van der Waals surface area contributed by atoms with Crippen LogP contribution in [0.4, 0.5) is 0 Å². The van der Waals surface area contributed by atoms with E-state index in [1.165, 1.54) is 0 Å². The lowest BCUT2D eigenvalue weighted by Crippen LogP contribution is -2.41. The molecule has 0 radical (unpaired) electrons. The molecule has 0 aromatic heterocycles. The smallest absolute Gasteiger partial charge is 0.225 e. The molecule has 0 bridgehead atoms. The standard InChI is InChI=1S/C10H18BrNO2/c1-7(5-11)8(2)12-10(13)9-3-4-14-6-9/h7-9H,3-6H2,1-2H3,(H,12,13). The minimum Gasteiger partial charge on any atom is -0.381 e. The summed E-state index contributed by atoms with van der Waals surface area (Å²) in [6.07, 6.45) is 0.862. The first-order valence-electron chi connectivity index (χ1n) is 5.09. The second kappa shape index (κ2) is 5.71. The summed E-state index contributed by atoms with van der Waals surface area (Å²) in [5, 5.41) is 3.94. The van der Waals surface area contributed by atoms with Crippen molar-refractivity contribution >= 4 is 21.8 Å². The summed E-state index contributed by atoms with van der Waals surface area (Å²) < 4.78 is 5.18. The number of alkyl halides is 1. The van der Waals surface area contributed by atoms with E-state index in [-0.39, 0.29) is 17.9 Å². The Balaban J connectivity index is 2.31. The minimum atomic E-state index is 0.0694. The van der Waals surface area contributed by atoms with E-state index in [0.717, 1.165) is 18.4 Å². The maximum Gasteiger partial charge on any atom is 0.225 e. The SMILES string of the molecule is CC(CBr)C(C)NC(=O)C1CCOC1. The number of carbonyl (C=O) groups excluding carboxylic acids is 1. The first-order valence-corrected chi connectivity index (χ1v) is 6.21. The molecular formula is C10H18BrNO2. The van der Waals surface area contributed by atoms with Crippen LogP contribution in [0.3, 0.4) is 0 Å². The van der Waals surface area contributed by atoms with Gasteiger partial charge in [-0.25, -0.2) is 0 Å². The predicted octanol–water partition coefficient (Wildman–Crippen LogP) is 1.56. The van der Waals surface area contributed by atoms with Crippen molar-refractivity contribution in [2.75, 3.05) is 18.5 Å². The Morgan fingerprint density at radius 3 is 2.86 bits per heavy atom. The molecule has 14 heavy (non-hydrogen) atoms. The van der Waals surface area contributed by atoms with Crippen molar-refractivity contribution in [3.63, 3.8) is 0 Å². The van der Waals surface area contributed by atoms with Crippen LogP contribution < -0.4 is 5.32 Å². The van der Waals surface area contributed by atoms with Gasteiger partial charge in [0.15, 0.2) is 0 Å². The third kappa shape index (κ3) is 3.24. The Morgan fingerprint density at radius 1 is 1.64 bits per heavy atom. The van der Waals surface area contributed by atoms with Crippen molar-refractivity contribution < 1.29 is 9.53 Å². The van der Waals surface area contributed by atoms with E-state index in [4.69, 9.17) is 4.74 Å². The molecule has 3 nitrogen and oxygen atoms in total. The lowest BCUT2D eigenvalue weighted by molar-refractivity contribution is -0.125. The van der Waals surface area contributed by atoms with Crippen LogP contribution in [0.2, 0.25) is 0 Å². The van der Waals surface area contributed by atoms with Gasteiger partial charge in [0, 0.05) is 18.0 Å². The normalized spacial score (nSPS) is 25.8. The van der Waals surface area contributed by atoms with Crippen LogP contribution in [-0.4, -0.2) is 30.5 Å². The molecule has 0 spiro atoms. The zero-order valence-corrected chi connectivity index (χ0v) is 10.3. The highest BCUT2D eigenvalue weighted by atomic mass is 79.9. The second-order valence-corrected chi connectivity index (χ2v) is 4.64. The van der Waals surface area contributed by atoms with Gasteiger partial charge < -0.3 is 10.1 Å². The fraction of sp³-hybridized carbons (Fsp3) is 0.900. The maximum absolute atomic E-state index is 11.7. The van der Waals surface area contributed by atoms with Crippen LogP contribution in [-0.2, 0) is 9.53 Å². The Bertz CT molecular complexity index is 193. The molecule has 1 rings (SSSR count). The Hall–Kier alpha value is -0.0900. The highest BCUT2D eigenvalue weighted by molar-refractivity contribution is 9.09. The molecule has 1 N–H and O–H groups in total. The van der Waals surface area contributed by atoms with Crippen LogP contribution in [0.5, 0.6) is 0 Å². The van der Waals surface area contributed by atoms with Crippen molar-refractivity contribution in [3.8, 4) is 0 Å². The van der Waals surface area contributed by atoms with Crippen LogP contribution in [0.1, 0.15) is 20.3 Å². The number of hydrogen-bond acceptors (Lipinski definition) is 2. The molecule has 1 fully saturated rings. The van der Waals surface area contributed by atoms with Gasteiger partial charge in [-0.3, -0.25) is 4.79 Å². The topological polar surface area (TPSA) is 38.3 Å². The number of rotatable bonds is 4. The van der Waals surface area contributed by atoms with Gasteiger partial charge in [-0.2, -0.15) is 0 Å². The van der Waals surface area contributed by atoms with Crippen LogP contribution in [0, 0.1) is 11.8 Å². The summed E-state index contributed by atoms with van der Waals surface area (Å²) in [6.45, 7) is 5.46. The average molecular weight is 264 g/mol. The molecule has 0 saturated carbocycles. The third-order valence-corrected chi connectivity index (χ3v) is 3.79. The molecule has 3 atom stereocenters. The zero-order chi connectivity index (χ0) is 10.6. The lowest BCUT2D eigenvalue weighted by atomic mass is 10.0. The molecule has 4 heteroatoms. The summed E-state index contributed by atoms with van der Waals surface area (Å²) in [5.74, 6) is 0.670. The van der Waals surface area contributed by atoms with E-state index in [9.17, 15) is 4.79 Å². The fourth-order valence-electron chi connectivity index (χ4n) is 1.36. The van der Waals surface area contributed by atoms with E-state index >= 15 is 0 Å². The summed E-state index contributed by atoms with van der Waals surface area (Å²) >= 11 is 3.41. The number of carbonyl (C=O) groups is 1. The van der Waals surface area contributed by atoms with Gasteiger partial charge in [-0.05, 0) is 19.3 Å². The summed E-state index contributed by atoms with van der Waals surface area (Å²) in [7, 11) is 0. The molecule has 1 amide bonds. The molecule has 1 heterocycles. The third-order valence-electron chi connectivity index (χ3n) is 2.77. The molecule has 3 unspecified atom stereocenters. The van der Waals surface area contributed by atoms with E-state index < -0.39 is 0 Å². The second-order valence-electron chi connectivity index (χ2n) is 3.99. The van der Waals surface area contributed by atoms with Gasteiger partial charge in [0.05, 0.1) is 12.5 Å². The van der Waals surface area contributed by atoms with Crippen molar-refractivity contribution in [1.29, 1.82) is 0 Å². The van der Waals surface area contributed by atoms with Gasteiger partial charge in [-0.1, -0.05) is 22.9 Å². The van der Waals surface area contributed by atoms with Gasteiger partial charge in [0.2, 0.25) is 5.91 Å². The van der Waals surface area contributed by atoms with Gasteiger partial charge in [0.1, 0.15) is 0 Å². The van der Waals surface area contributed by atoms with E-state index in [2.05, 4.69) is 28.2 Å². The predicted molar refractivity (Wildman–Crippen MR) is 59.5 cm³/mol. The molecule has 82 valence electrons. The number of nitrogens with one attached hydrogen (secondary N) is 1. The van der Waals surface area contributed by atoms with E-state index in [0.29, 0.717) is 12.5 Å². The Morgan fingerprint density at radius 2 is 2.36 bits per heavy atom. The summed E-state index contributed by atoms with van der Waals surface area (Å²) in [4.78, 5) is 11.7. The summed E-state index contributed by atoms with van der Waals surface area (Å²) in [5.41, 5.74) is 0. The maximum atomic E-state index is 11.7. The average Bonchev–Trinajstić information content (AvgIpc) is 2.69. The largest absolute Gasteiger partial charge is 0.381 e.